The minimum atomic E-state index is -1.24. The minimum Gasteiger partial charge on any atom is -0.478 e. The number of pyridine rings is 3. The van der Waals surface area contributed by atoms with Gasteiger partial charge in [0.2, 0.25) is 0 Å². The molecule has 3 rings (SSSR count). The molecule has 0 unspecified atom stereocenters. The van der Waals surface area contributed by atoms with Crippen LogP contribution in [0.15, 0.2) is 67.4 Å². The van der Waals surface area contributed by atoms with E-state index in [9.17, 15) is 19.2 Å². The average molecular weight is 467 g/mol. The molecule has 0 aromatic carbocycles. The van der Waals surface area contributed by atoms with E-state index >= 15 is 0 Å². The smallest absolute Gasteiger partial charge is 0.354 e. The van der Waals surface area contributed by atoms with Gasteiger partial charge < -0.3 is 20.8 Å². The molecule has 0 saturated carbocycles. The number of aromatic carboxylic acids is 2. The van der Waals surface area contributed by atoms with E-state index in [0.29, 0.717) is 24.2 Å². The fourth-order valence-corrected chi connectivity index (χ4v) is 2.21. The zero-order valence-electron chi connectivity index (χ0n) is 18.6. The lowest BCUT2D eigenvalue weighted by molar-refractivity contribution is 0.0689. The molecule has 11 heteroatoms. The minimum absolute atomic E-state index is 0.0464. The highest BCUT2D eigenvalue weighted by Crippen LogP contribution is 2.01. The van der Waals surface area contributed by atoms with Gasteiger partial charge in [0, 0.05) is 55.2 Å². The summed E-state index contributed by atoms with van der Waals surface area (Å²) in [6.07, 6.45) is 7.55. The van der Waals surface area contributed by atoms with Gasteiger partial charge in [0.1, 0.15) is 5.69 Å². The van der Waals surface area contributed by atoms with Crippen molar-refractivity contribution in [2.45, 2.75) is 13.8 Å². The third-order valence-electron chi connectivity index (χ3n) is 3.79. The number of hydrogen-bond acceptors (Lipinski definition) is 7. The summed E-state index contributed by atoms with van der Waals surface area (Å²) >= 11 is 0. The molecule has 3 heterocycles. The van der Waals surface area contributed by atoms with Gasteiger partial charge in [0.05, 0.1) is 5.56 Å². The van der Waals surface area contributed by atoms with Crippen LogP contribution in [0.3, 0.4) is 0 Å². The number of carbonyl (C=O) groups excluding carboxylic acids is 2. The number of hydrogen-bond donors (Lipinski definition) is 4. The fourth-order valence-electron chi connectivity index (χ4n) is 2.21. The molecule has 3 aromatic rings. The maximum absolute atomic E-state index is 11.1. The van der Waals surface area contributed by atoms with Gasteiger partial charge in [-0.25, -0.2) is 14.6 Å². The average Bonchev–Trinajstić information content (AvgIpc) is 2.86. The molecule has 0 aliphatic heterocycles. The normalized spacial score (nSPS) is 9.24. The molecular formula is C23H25N5O6. The highest BCUT2D eigenvalue weighted by molar-refractivity contribution is 5.94. The lowest BCUT2D eigenvalue weighted by Gasteiger charge is -1.99. The molecule has 0 spiro atoms. The summed E-state index contributed by atoms with van der Waals surface area (Å²) in [5.74, 6) is -2.50. The van der Waals surface area contributed by atoms with Crippen LogP contribution in [0.2, 0.25) is 0 Å². The number of aromatic nitrogens is 3. The summed E-state index contributed by atoms with van der Waals surface area (Å²) < 4.78 is 0. The van der Waals surface area contributed by atoms with E-state index in [4.69, 9.17) is 10.2 Å². The quantitative estimate of drug-likeness (QED) is 0.424. The second-order valence-corrected chi connectivity index (χ2v) is 6.23. The number of amides is 2. The molecule has 3 aromatic heterocycles. The highest BCUT2D eigenvalue weighted by Gasteiger charge is 2.08. The van der Waals surface area contributed by atoms with Crippen molar-refractivity contribution in [1.82, 2.24) is 25.6 Å². The molecule has 0 atom stereocenters. The molecule has 2 amide bonds. The molecule has 4 N–H and O–H groups in total. The second kappa shape index (κ2) is 15.2. The van der Waals surface area contributed by atoms with Crippen molar-refractivity contribution in [2.75, 3.05) is 13.1 Å². The van der Waals surface area contributed by atoms with Crippen LogP contribution in [0.1, 0.15) is 55.4 Å². The van der Waals surface area contributed by atoms with Gasteiger partial charge in [-0.15, -0.1) is 0 Å². The first-order valence-electron chi connectivity index (χ1n) is 10.1. The Morgan fingerprint density at radius 1 is 0.676 bits per heavy atom. The summed E-state index contributed by atoms with van der Waals surface area (Å²) in [6, 6.07) is 8.98. The predicted octanol–water partition coefficient (Wildman–Crippen LogP) is 2.14. The van der Waals surface area contributed by atoms with Crippen LogP contribution in [0.4, 0.5) is 0 Å². The van der Waals surface area contributed by atoms with Crippen LogP contribution in [-0.4, -0.2) is 62.0 Å². The Kier molecular flexibility index (Phi) is 12.2. The monoisotopic (exact) mass is 467 g/mol. The van der Waals surface area contributed by atoms with Crippen LogP contribution >= 0.6 is 0 Å². The molecule has 0 aliphatic rings. The summed E-state index contributed by atoms with van der Waals surface area (Å²) in [5, 5.41) is 22.3. The number of carbonyl (C=O) groups is 4. The van der Waals surface area contributed by atoms with Crippen molar-refractivity contribution < 1.29 is 29.4 Å². The number of carboxylic acid groups (broad SMARTS) is 2. The lowest BCUT2D eigenvalue weighted by atomic mass is 10.2. The topological polar surface area (TPSA) is 171 Å². The molecule has 178 valence electrons. The molecular weight excluding hydrogens is 442 g/mol. The Hall–Kier alpha value is -4.67. The molecule has 34 heavy (non-hydrogen) atoms. The molecule has 0 radical (unpaired) electrons. The summed E-state index contributed by atoms with van der Waals surface area (Å²) in [6.45, 7) is 5.08. The standard InChI is InChI=1S/2C8H10N2O.C7H5NO4/c2*1-2-10-8(11)7-3-5-9-6-4-7;9-6(10)4-1-2-8-5(3-4)7(11)12/h2*3-6H,2H2,1H3,(H,10,11);1-3H,(H,9,10)(H,11,12). The fraction of sp³-hybridized carbons (Fsp3) is 0.174. The lowest BCUT2D eigenvalue weighted by Crippen LogP contribution is -2.22. The van der Waals surface area contributed by atoms with Gasteiger partial charge in [0.25, 0.3) is 11.8 Å². The SMILES string of the molecule is CCNC(=O)c1ccncc1.CCNC(=O)c1ccncc1.O=C(O)c1ccnc(C(=O)O)c1. The summed E-state index contributed by atoms with van der Waals surface area (Å²) in [7, 11) is 0. The van der Waals surface area contributed by atoms with Crippen molar-refractivity contribution in [3.63, 3.8) is 0 Å². The summed E-state index contributed by atoms with van der Waals surface area (Å²) in [5.41, 5.74) is 0.959. The maximum Gasteiger partial charge on any atom is 0.354 e. The van der Waals surface area contributed by atoms with E-state index in [0.717, 1.165) is 12.3 Å². The van der Waals surface area contributed by atoms with Crippen LogP contribution in [0.25, 0.3) is 0 Å². The van der Waals surface area contributed by atoms with Gasteiger partial charge in [-0.1, -0.05) is 0 Å². The van der Waals surface area contributed by atoms with Crippen molar-refractivity contribution in [1.29, 1.82) is 0 Å². The Balaban J connectivity index is 0.000000255. The van der Waals surface area contributed by atoms with Crippen molar-refractivity contribution >= 4 is 23.8 Å². The maximum atomic E-state index is 11.1. The Labute approximate surface area is 195 Å². The van der Waals surface area contributed by atoms with E-state index in [1.165, 1.54) is 6.07 Å². The van der Waals surface area contributed by atoms with E-state index < -0.39 is 11.9 Å². The molecule has 11 nitrogen and oxygen atoms in total. The Morgan fingerprint density at radius 2 is 1.09 bits per heavy atom. The third-order valence-corrected chi connectivity index (χ3v) is 3.79. The van der Waals surface area contributed by atoms with Gasteiger partial charge in [-0.3, -0.25) is 19.6 Å². The number of carboxylic acids is 2. The predicted molar refractivity (Wildman–Crippen MR) is 123 cm³/mol. The van der Waals surface area contributed by atoms with Crippen LogP contribution in [0, 0.1) is 0 Å². The molecule has 0 saturated heterocycles. The largest absolute Gasteiger partial charge is 0.478 e. The van der Waals surface area contributed by atoms with Crippen molar-refractivity contribution in [2.24, 2.45) is 0 Å². The molecule has 0 bridgehead atoms. The van der Waals surface area contributed by atoms with Gasteiger partial charge >= 0.3 is 11.9 Å². The first-order chi connectivity index (χ1) is 16.3. The Morgan fingerprint density at radius 3 is 1.44 bits per heavy atom. The van der Waals surface area contributed by atoms with Crippen molar-refractivity contribution in [3.8, 4) is 0 Å². The van der Waals surface area contributed by atoms with Crippen LogP contribution in [-0.2, 0) is 0 Å². The number of rotatable bonds is 6. The van der Waals surface area contributed by atoms with Gasteiger partial charge in [0.15, 0.2) is 0 Å². The first-order valence-corrected chi connectivity index (χ1v) is 10.1. The van der Waals surface area contributed by atoms with E-state index in [1.807, 2.05) is 13.8 Å². The molecule has 0 aliphatic carbocycles. The van der Waals surface area contributed by atoms with E-state index in [-0.39, 0.29) is 23.1 Å². The highest BCUT2D eigenvalue weighted by atomic mass is 16.4. The van der Waals surface area contributed by atoms with E-state index in [2.05, 4.69) is 25.6 Å². The Bertz CT molecular complexity index is 995. The second-order valence-electron chi connectivity index (χ2n) is 6.23. The van der Waals surface area contributed by atoms with Crippen molar-refractivity contribution in [3.05, 3.63) is 89.8 Å². The third kappa shape index (κ3) is 10.1. The zero-order chi connectivity index (χ0) is 25.3. The van der Waals surface area contributed by atoms with Gasteiger partial charge in [-0.2, -0.15) is 0 Å². The van der Waals surface area contributed by atoms with Gasteiger partial charge in [-0.05, 0) is 50.2 Å². The van der Waals surface area contributed by atoms with Crippen LogP contribution in [0.5, 0.6) is 0 Å². The summed E-state index contributed by atoms with van der Waals surface area (Å²) in [4.78, 5) is 54.0. The molecule has 0 fully saturated rings. The van der Waals surface area contributed by atoms with E-state index in [1.54, 1.807) is 49.1 Å². The first kappa shape index (κ1) is 27.4. The zero-order valence-corrected chi connectivity index (χ0v) is 18.6. The number of nitrogens with one attached hydrogen (secondary N) is 2. The van der Waals surface area contributed by atoms with Crippen LogP contribution < -0.4 is 10.6 Å². The number of nitrogens with zero attached hydrogens (tertiary/aromatic N) is 3.